The lowest BCUT2D eigenvalue weighted by molar-refractivity contribution is -0.384. The van der Waals surface area contributed by atoms with Gasteiger partial charge in [0, 0.05) is 25.0 Å². The summed E-state index contributed by atoms with van der Waals surface area (Å²) in [5.41, 5.74) is -1.48. The van der Waals surface area contributed by atoms with Crippen molar-refractivity contribution in [3.8, 4) is 5.75 Å². The first-order chi connectivity index (χ1) is 34.9. The van der Waals surface area contributed by atoms with Gasteiger partial charge in [0.1, 0.15) is 31.7 Å². The van der Waals surface area contributed by atoms with Crippen LogP contribution in [0, 0.1) is 21.4 Å². The molecule has 408 valence electrons. The zero-order valence-corrected chi connectivity index (χ0v) is 45.6. The lowest BCUT2D eigenvalue weighted by Crippen LogP contribution is -2.43. The maximum absolute atomic E-state index is 13.9. The van der Waals surface area contributed by atoms with Crippen LogP contribution in [0.3, 0.4) is 0 Å². The van der Waals surface area contributed by atoms with Crippen LogP contribution < -0.4 is 4.74 Å². The molecule has 0 fully saturated rings. The number of carbonyl (C=O) groups excluding carboxylic acids is 4. The number of carbonyl (C=O) groups is 4. The van der Waals surface area contributed by atoms with Crippen molar-refractivity contribution in [1.82, 2.24) is 0 Å². The normalized spacial score (nSPS) is 12.4. The number of hydrogen-bond acceptors (Lipinski definition) is 11. The van der Waals surface area contributed by atoms with Crippen molar-refractivity contribution in [3.63, 3.8) is 0 Å². The molecule has 1 aromatic carbocycles. The Morgan fingerprint density at radius 1 is 0.528 bits per heavy atom. The van der Waals surface area contributed by atoms with Crippen molar-refractivity contribution >= 4 is 29.8 Å². The molecule has 0 aliphatic rings. The first-order valence-corrected chi connectivity index (χ1v) is 28.2. The standard InChI is InChI=1S/C60H97NO11/c1-6-9-12-15-18-20-22-24-26-28-30-32-34-37-40-43-56(62)68-49-52(50-69-57(63)44-41-38-35-33-31-29-27-25-23-21-19-16-13-10-7-2)51-70-58(64)60(4,5)55(42-39-36-17-14-11-8-3)72-59(65)71-54-47-45-53(46-48-54)61(66)67/h18-21,24-27,45-48,52,55H,6-17,22-23,28-44,49-51H2,1-5H3/b20-18-,21-19-,26-24-,27-25-. The van der Waals surface area contributed by atoms with Gasteiger partial charge in [0.05, 0.1) is 16.3 Å². The summed E-state index contributed by atoms with van der Waals surface area (Å²) in [6.07, 6.45) is 46.6. The Labute approximate surface area is 435 Å². The van der Waals surface area contributed by atoms with Crippen molar-refractivity contribution in [2.75, 3.05) is 19.8 Å². The highest BCUT2D eigenvalue weighted by molar-refractivity contribution is 5.77. The van der Waals surface area contributed by atoms with Crippen LogP contribution in [0.5, 0.6) is 5.75 Å². The number of allylic oxidation sites excluding steroid dienone is 8. The van der Waals surface area contributed by atoms with Gasteiger partial charge in [0.2, 0.25) is 0 Å². The number of benzene rings is 1. The molecule has 0 radical (unpaired) electrons. The second kappa shape index (κ2) is 44.9. The summed E-state index contributed by atoms with van der Waals surface area (Å²) in [6.45, 7) is 9.49. The van der Waals surface area contributed by atoms with Crippen molar-refractivity contribution in [2.24, 2.45) is 11.3 Å². The third-order valence-electron chi connectivity index (χ3n) is 12.7. The monoisotopic (exact) mass is 1010 g/mol. The molecule has 0 bridgehead atoms. The van der Waals surface area contributed by atoms with Gasteiger partial charge in [-0.1, -0.05) is 166 Å². The van der Waals surface area contributed by atoms with Gasteiger partial charge in [-0.3, -0.25) is 24.5 Å². The lowest BCUT2D eigenvalue weighted by atomic mass is 9.83. The molecule has 0 aliphatic heterocycles. The van der Waals surface area contributed by atoms with E-state index < -0.39 is 34.5 Å². The van der Waals surface area contributed by atoms with E-state index in [-0.39, 0.29) is 56.0 Å². The molecule has 0 saturated carbocycles. The summed E-state index contributed by atoms with van der Waals surface area (Å²) < 4.78 is 28.3. The number of nitro benzene ring substituents is 1. The van der Waals surface area contributed by atoms with Gasteiger partial charge in [-0.15, -0.1) is 0 Å². The van der Waals surface area contributed by atoms with Gasteiger partial charge in [-0.05, 0) is 116 Å². The van der Waals surface area contributed by atoms with E-state index in [1.165, 1.54) is 62.8 Å². The smallest absolute Gasteiger partial charge is 0.465 e. The number of nitrogens with zero attached hydrogens (tertiary/aromatic N) is 1. The molecule has 0 N–H and O–H groups in total. The average molecular weight is 1010 g/mol. The summed E-state index contributed by atoms with van der Waals surface area (Å²) in [7, 11) is 0. The summed E-state index contributed by atoms with van der Waals surface area (Å²) >= 11 is 0. The molecule has 0 aliphatic carbocycles. The van der Waals surface area contributed by atoms with Crippen molar-refractivity contribution in [2.45, 2.75) is 240 Å². The van der Waals surface area contributed by atoms with E-state index in [9.17, 15) is 29.3 Å². The molecule has 72 heavy (non-hydrogen) atoms. The first-order valence-electron chi connectivity index (χ1n) is 28.2. The van der Waals surface area contributed by atoms with Gasteiger partial charge >= 0.3 is 24.1 Å². The third-order valence-corrected chi connectivity index (χ3v) is 12.7. The van der Waals surface area contributed by atoms with E-state index in [1.54, 1.807) is 13.8 Å². The fourth-order valence-electron chi connectivity index (χ4n) is 7.93. The van der Waals surface area contributed by atoms with E-state index in [4.69, 9.17) is 23.7 Å². The van der Waals surface area contributed by atoms with Crippen molar-refractivity contribution < 1.29 is 47.8 Å². The molecule has 12 nitrogen and oxygen atoms in total. The number of hydrogen-bond donors (Lipinski definition) is 0. The predicted octanol–water partition coefficient (Wildman–Crippen LogP) is 17.1. The number of ether oxygens (including phenoxy) is 5. The Kier molecular flexibility index (Phi) is 40.7. The Morgan fingerprint density at radius 3 is 1.38 bits per heavy atom. The third kappa shape index (κ3) is 36.2. The van der Waals surface area contributed by atoms with E-state index in [0.717, 1.165) is 122 Å². The largest absolute Gasteiger partial charge is 0.514 e. The highest BCUT2D eigenvalue weighted by Crippen LogP contribution is 2.31. The molecule has 1 rings (SSSR count). The van der Waals surface area contributed by atoms with Gasteiger partial charge in [0.15, 0.2) is 0 Å². The molecular weight excluding hydrogens is 911 g/mol. The second-order valence-electron chi connectivity index (χ2n) is 19.8. The number of unbranched alkanes of at least 4 members (excludes halogenated alkanes) is 21. The Balaban J connectivity index is 2.79. The van der Waals surface area contributed by atoms with E-state index >= 15 is 0 Å². The lowest BCUT2D eigenvalue weighted by Gasteiger charge is -2.32. The summed E-state index contributed by atoms with van der Waals surface area (Å²) in [4.78, 5) is 63.3. The Morgan fingerprint density at radius 2 is 0.917 bits per heavy atom. The van der Waals surface area contributed by atoms with Crippen LogP contribution >= 0.6 is 0 Å². The Bertz CT molecular complexity index is 1620. The molecule has 12 heteroatoms. The van der Waals surface area contributed by atoms with Crippen molar-refractivity contribution in [1.29, 1.82) is 0 Å². The molecule has 0 aromatic heterocycles. The van der Waals surface area contributed by atoms with Crippen LogP contribution in [0.1, 0.15) is 234 Å². The fourth-order valence-corrected chi connectivity index (χ4v) is 7.93. The van der Waals surface area contributed by atoms with Crippen LogP contribution in [-0.2, 0) is 33.3 Å². The predicted molar refractivity (Wildman–Crippen MR) is 291 cm³/mol. The molecule has 0 spiro atoms. The van der Waals surface area contributed by atoms with Crippen LogP contribution in [0.15, 0.2) is 72.9 Å². The SMILES string of the molecule is CCCCC/C=C\C/C=C\CCCCCCCC(=O)OCC(COC(=O)CCCCCCC/C=C\C/C=C\CCCCC)COC(=O)C(C)(C)C(CCCCCCCC)OC(=O)Oc1ccc([N+](=O)[O-])cc1. The summed E-state index contributed by atoms with van der Waals surface area (Å²) in [5.74, 6) is -1.90. The van der Waals surface area contributed by atoms with Gasteiger partial charge in [-0.2, -0.15) is 0 Å². The topological polar surface area (TPSA) is 158 Å². The molecule has 0 saturated heterocycles. The number of rotatable bonds is 46. The first kappa shape index (κ1) is 65.3. The van der Waals surface area contributed by atoms with Crippen LogP contribution in [0.2, 0.25) is 0 Å². The zero-order valence-electron chi connectivity index (χ0n) is 45.6. The van der Waals surface area contributed by atoms with Gasteiger partial charge in [-0.25, -0.2) is 4.79 Å². The zero-order chi connectivity index (χ0) is 52.8. The second-order valence-corrected chi connectivity index (χ2v) is 19.8. The van der Waals surface area contributed by atoms with Crippen LogP contribution in [0.25, 0.3) is 0 Å². The number of non-ortho nitro benzene ring substituents is 1. The minimum atomic E-state index is -1.32. The maximum Gasteiger partial charge on any atom is 0.514 e. The fraction of sp³-hybridized carbons (Fsp3) is 0.700. The maximum atomic E-state index is 13.9. The molecule has 1 unspecified atom stereocenters. The van der Waals surface area contributed by atoms with Gasteiger partial charge < -0.3 is 23.7 Å². The summed E-state index contributed by atoms with van der Waals surface area (Å²) in [5, 5.41) is 11.1. The average Bonchev–Trinajstić information content (AvgIpc) is 3.36. The van der Waals surface area contributed by atoms with Gasteiger partial charge in [0.25, 0.3) is 5.69 Å². The molecule has 1 atom stereocenters. The molecular formula is C60H97NO11. The number of nitro groups is 1. The minimum Gasteiger partial charge on any atom is -0.465 e. The number of esters is 3. The quantitative estimate of drug-likeness (QED) is 0.0116. The van der Waals surface area contributed by atoms with E-state index in [1.807, 2.05) is 0 Å². The van der Waals surface area contributed by atoms with Crippen molar-refractivity contribution in [3.05, 3.63) is 83.0 Å². The molecule has 1 aromatic rings. The van der Waals surface area contributed by atoms with Crippen LogP contribution in [-0.4, -0.2) is 54.9 Å². The highest BCUT2D eigenvalue weighted by Gasteiger charge is 2.41. The van der Waals surface area contributed by atoms with E-state index in [2.05, 4.69) is 69.4 Å². The summed E-state index contributed by atoms with van der Waals surface area (Å²) in [6, 6.07) is 5.04. The molecule has 0 heterocycles. The minimum absolute atomic E-state index is 0.0575. The molecule has 0 amide bonds. The highest BCUT2D eigenvalue weighted by atomic mass is 16.7. The van der Waals surface area contributed by atoms with E-state index in [0.29, 0.717) is 25.7 Å². The Hall–Kier alpha value is -4.74. The van der Waals surface area contributed by atoms with Crippen LogP contribution in [0.4, 0.5) is 10.5 Å².